The molecule has 428 valence electrons. The average Bonchev–Trinajstić information content (AvgIpc) is 3.48. The van der Waals surface area contributed by atoms with Crippen molar-refractivity contribution in [3.05, 3.63) is 134 Å². The molecule has 8 rings (SSSR count). The Labute approximate surface area is 467 Å². The molecule has 79 heavy (non-hydrogen) atoms. The van der Waals surface area contributed by atoms with Gasteiger partial charge in [-0.15, -0.1) is 0 Å². The molecule has 0 aliphatic heterocycles. The van der Waals surface area contributed by atoms with Crippen molar-refractivity contribution < 1.29 is 28.8 Å². The molecule has 0 saturated heterocycles. The van der Waals surface area contributed by atoms with Crippen LogP contribution in [0, 0.1) is 31.2 Å². The first-order valence-electron chi connectivity index (χ1n) is 27.7. The molecule has 4 aromatic carbocycles. The van der Waals surface area contributed by atoms with Crippen molar-refractivity contribution in [1.29, 1.82) is 0 Å². The number of para-hydroxylation sites is 8. The minimum Gasteiger partial charge on any atom is -0.739 e. The summed E-state index contributed by atoms with van der Waals surface area (Å²) in [4.78, 5) is 10.2. The maximum atomic E-state index is 12.1. The van der Waals surface area contributed by atoms with Gasteiger partial charge in [-0.2, -0.15) is 0 Å². The summed E-state index contributed by atoms with van der Waals surface area (Å²) < 4.78 is 1.33. The van der Waals surface area contributed by atoms with E-state index in [0.29, 0.717) is 87.5 Å². The van der Waals surface area contributed by atoms with E-state index >= 15 is 0 Å². The Morgan fingerprint density at radius 3 is 1.13 bits per heavy atom. The predicted octanol–water partition coefficient (Wildman–Crippen LogP) is 7.79. The third kappa shape index (κ3) is 22.3. The van der Waals surface area contributed by atoms with E-state index in [-0.39, 0.29) is 28.2 Å². The Balaban J connectivity index is 0.000000219. The summed E-state index contributed by atoms with van der Waals surface area (Å²) in [6.07, 6.45) is 22.4. The number of anilines is 3. The lowest BCUT2D eigenvalue weighted by Gasteiger charge is -2.09. The predicted molar refractivity (Wildman–Crippen MR) is 310 cm³/mol. The van der Waals surface area contributed by atoms with Crippen LogP contribution in [-0.2, 0) is 0 Å². The summed E-state index contributed by atoms with van der Waals surface area (Å²) in [5, 5.41) is 94.1. The largest absolute Gasteiger partial charge is 0.739 e. The standard InChI is InChI=1S/C14H20N4O2.C14H20N4O.C13H19N5O2.C7H4ClN3O.C7H17N/c1-2-3-4-5-8-11-15-14-16-18(20)13-10-7-6-9-12(13)17(14)19;1-2-3-4-5-8-11-15-14-16-12-9-6-7-10-13(12)18(19)17-14;14-9-5-1-2-6-10-15-13-16-18(20)12-8-4-3-7-11(12)17(13)19;8-7-9-5-3-1-2-4-6(5)11(12)10-7;1-2-3-4-5-6-7-8/h6-7,9-10H,2-5,8,11H2,1H3,(H,15,16);6-7,9-10H,2-5,8,11H2,1H3,(H,15,16,17);3-4,7-8H,1-2,5-6,9-10,14H2,(H,15,16);1-4H;2-8H2,1H3. The number of benzene rings is 4. The van der Waals surface area contributed by atoms with Gasteiger partial charge >= 0.3 is 11.9 Å². The van der Waals surface area contributed by atoms with Gasteiger partial charge in [0.1, 0.15) is 11.0 Å². The van der Waals surface area contributed by atoms with E-state index in [2.05, 4.69) is 67.1 Å². The highest BCUT2D eigenvalue weighted by molar-refractivity contribution is 6.28. The Morgan fingerprint density at radius 1 is 0.380 bits per heavy atom. The first-order valence-corrected chi connectivity index (χ1v) is 28.1. The monoisotopic (exact) mass is 1110 g/mol. The molecule has 23 nitrogen and oxygen atoms in total. The first kappa shape index (κ1) is 63.9. The van der Waals surface area contributed by atoms with Crippen molar-refractivity contribution in [2.24, 2.45) is 11.5 Å². The lowest BCUT2D eigenvalue weighted by molar-refractivity contribution is -0.672. The highest BCUT2D eigenvalue weighted by Crippen LogP contribution is 2.12. The van der Waals surface area contributed by atoms with Gasteiger partial charge < -0.3 is 48.0 Å². The molecule has 0 fully saturated rings. The maximum Gasteiger partial charge on any atom is 0.460 e. The maximum absolute atomic E-state index is 12.1. The summed E-state index contributed by atoms with van der Waals surface area (Å²) in [5.41, 5.74) is 14.0. The van der Waals surface area contributed by atoms with E-state index in [4.69, 9.17) is 23.1 Å². The zero-order valence-corrected chi connectivity index (χ0v) is 46.8. The third-order valence-corrected chi connectivity index (χ3v) is 12.4. The van der Waals surface area contributed by atoms with Crippen LogP contribution in [0.4, 0.5) is 17.8 Å². The van der Waals surface area contributed by atoms with Crippen molar-refractivity contribution >= 4 is 73.6 Å². The van der Waals surface area contributed by atoms with Gasteiger partial charge in [-0.3, -0.25) is 10.6 Å². The normalized spacial score (nSPS) is 10.7. The van der Waals surface area contributed by atoms with Gasteiger partial charge in [0.2, 0.25) is 10.2 Å². The summed E-state index contributed by atoms with van der Waals surface area (Å²) in [5.74, 6) is 0.510. The lowest BCUT2D eigenvalue weighted by atomic mass is 10.1. The molecule has 0 saturated carbocycles. The van der Waals surface area contributed by atoms with Gasteiger partial charge in [-0.25, -0.2) is 19.4 Å². The van der Waals surface area contributed by atoms with Crippen LogP contribution in [0.5, 0.6) is 0 Å². The number of rotatable bonds is 26. The zero-order chi connectivity index (χ0) is 57.0. The molecular weight excluding hydrogens is 1030 g/mol. The van der Waals surface area contributed by atoms with Crippen molar-refractivity contribution in [2.75, 3.05) is 48.7 Å². The van der Waals surface area contributed by atoms with Crippen LogP contribution in [0.1, 0.15) is 143 Å². The van der Waals surface area contributed by atoms with E-state index < -0.39 is 0 Å². The van der Waals surface area contributed by atoms with Crippen LogP contribution in [0.2, 0.25) is 5.28 Å². The van der Waals surface area contributed by atoms with Crippen molar-refractivity contribution in [2.45, 2.75) is 143 Å². The smallest absolute Gasteiger partial charge is 0.460 e. The number of halogens is 1. The molecule has 0 atom stereocenters. The highest BCUT2D eigenvalue weighted by atomic mass is 35.5. The van der Waals surface area contributed by atoms with Crippen LogP contribution in [0.25, 0.3) is 44.1 Å². The fraction of sp³-hybridized carbons (Fsp3) is 0.491. The van der Waals surface area contributed by atoms with Crippen molar-refractivity contribution in [3.8, 4) is 0 Å². The summed E-state index contributed by atoms with van der Waals surface area (Å²) in [6.45, 7) is 10.2. The Kier molecular flexibility index (Phi) is 30.1. The summed E-state index contributed by atoms with van der Waals surface area (Å²) in [6, 6.07) is 27.3. The molecule has 0 bridgehead atoms. The van der Waals surface area contributed by atoms with Crippen molar-refractivity contribution in [1.82, 2.24) is 30.4 Å². The number of hydrogen-bond donors (Lipinski definition) is 5. The Hall–Kier alpha value is -7.63. The summed E-state index contributed by atoms with van der Waals surface area (Å²) in [7, 11) is 0. The quantitative estimate of drug-likeness (QED) is 0.0196. The van der Waals surface area contributed by atoms with Crippen LogP contribution in [0.3, 0.4) is 0 Å². The topological polar surface area (TPSA) is 327 Å². The van der Waals surface area contributed by atoms with Gasteiger partial charge in [-0.1, -0.05) is 159 Å². The molecule has 4 aromatic heterocycles. The fourth-order valence-corrected chi connectivity index (χ4v) is 8.03. The molecule has 0 amide bonds. The average molecular weight is 1110 g/mol. The van der Waals surface area contributed by atoms with E-state index in [1.807, 2.05) is 12.1 Å². The van der Waals surface area contributed by atoms with Gasteiger partial charge in [0, 0.05) is 45.6 Å². The van der Waals surface area contributed by atoms with Crippen LogP contribution >= 0.6 is 11.6 Å². The molecule has 7 N–H and O–H groups in total. The minimum absolute atomic E-state index is 0.0382. The molecule has 0 aliphatic rings. The Bertz CT molecular complexity index is 2890. The number of fused-ring (bicyclic) bond motifs is 4. The van der Waals surface area contributed by atoms with Gasteiger partial charge in [0.15, 0.2) is 11.0 Å². The summed E-state index contributed by atoms with van der Waals surface area (Å²) >= 11 is 5.48. The molecule has 0 spiro atoms. The number of nitrogens with one attached hydrogen (secondary N) is 3. The molecule has 0 radical (unpaired) electrons. The number of nitrogens with zero attached hydrogens (tertiary/aromatic N) is 12. The van der Waals surface area contributed by atoms with E-state index in [0.717, 1.165) is 58.0 Å². The third-order valence-electron chi connectivity index (χ3n) is 12.2. The molecular formula is C55H80ClN17O6. The number of aromatic nitrogens is 12. The highest BCUT2D eigenvalue weighted by Gasteiger charge is 2.20. The Morgan fingerprint density at radius 2 is 0.709 bits per heavy atom. The van der Waals surface area contributed by atoms with Crippen molar-refractivity contribution in [3.63, 3.8) is 0 Å². The molecule has 8 aromatic rings. The second kappa shape index (κ2) is 37.2. The van der Waals surface area contributed by atoms with Gasteiger partial charge in [0.05, 0.1) is 18.2 Å². The van der Waals surface area contributed by atoms with Gasteiger partial charge in [0.25, 0.3) is 33.3 Å². The molecule has 24 heteroatoms. The fourth-order valence-electron chi connectivity index (χ4n) is 7.87. The number of hydrogen-bond acceptors (Lipinski definition) is 17. The molecule has 0 unspecified atom stereocenters. The second-order valence-corrected chi connectivity index (χ2v) is 18.9. The van der Waals surface area contributed by atoms with Crippen LogP contribution in [0.15, 0.2) is 97.1 Å². The lowest BCUT2D eigenvalue weighted by Crippen LogP contribution is -2.44. The molecule has 4 heterocycles. The van der Waals surface area contributed by atoms with Crippen LogP contribution < -0.4 is 56.3 Å². The van der Waals surface area contributed by atoms with E-state index in [1.165, 1.54) is 77.0 Å². The second-order valence-electron chi connectivity index (χ2n) is 18.5. The number of unbranched alkanes of at least 4 members (excludes halogenated alkanes) is 15. The SMILES string of the molecule is CCCCCCCN.CCCCCCCNc1n[n+]([O-])c2ccccc2[n+]1[O-].CCCCCCCNc1nc2ccccc2[n+]([O-])n1.NCCCCCCNc1n[n+]([O-])c2ccccc2[n+]1[O-].[O-][n+]1nc(Cl)nc2ccccc21. The van der Waals surface area contributed by atoms with Gasteiger partial charge in [-0.05, 0) is 90.8 Å². The first-order chi connectivity index (χ1) is 38.5. The van der Waals surface area contributed by atoms with E-state index in [9.17, 15) is 31.2 Å². The molecule has 0 aliphatic carbocycles. The van der Waals surface area contributed by atoms with Crippen LogP contribution in [-0.4, -0.2) is 63.1 Å². The van der Waals surface area contributed by atoms with E-state index in [1.54, 1.807) is 84.9 Å². The minimum atomic E-state index is -0.0382. The zero-order valence-electron chi connectivity index (χ0n) is 46.1. The number of nitrogens with two attached hydrogens (primary N) is 2.